The van der Waals surface area contributed by atoms with E-state index < -0.39 is 5.95 Å². The number of benzene rings is 1. The van der Waals surface area contributed by atoms with Crippen molar-refractivity contribution in [1.82, 2.24) is 4.98 Å². The number of rotatable bonds is 3. The highest BCUT2D eigenvalue weighted by Gasteiger charge is 2.02. The molecule has 0 unspecified atom stereocenters. The van der Waals surface area contributed by atoms with E-state index in [2.05, 4.69) is 26.2 Å². The van der Waals surface area contributed by atoms with Crippen LogP contribution in [-0.2, 0) is 6.54 Å². The van der Waals surface area contributed by atoms with Crippen molar-refractivity contribution in [3.8, 4) is 0 Å². The second-order valence-corrected chi connectivity index (χ2v) is 4.31. The van der Waals surface area contributed by atoms with Crippen LogP contribution in [0.15, 0.2) is 41.0 Å². The van der Waals surface area contributed by atoms with Crippen LogP contribution in [0.25, 0.3) is 0 Å². The Bertz CT molecular complexity index is 532. The van der Waals surface area contributed by atoms with Crippen LogP contribution < -0.4 is 5.32 Å². The molecule has 1 heterocycles. The summed E-state index contributed by atoms with van der Waals surface area (Å²) in [5, 5.41) is 2.99. The average molecular weight is 299 g/mol. The number of hydrogen-bond acceptors (Lipinski definition) is 2. The molecule has 0 saturated carbocycles. The van der Waals surface area contributed by atoms with Gasteiger partial charge in [0.2, 0.25) is 5.95 Å². The van der Waals surface area contributed by atoms with Crippen molar-refractivity contribution < 1.29 is 8.78 Å². The van der Waals surface area contributed by atoms with Gasteiger partial charge < -0.3 is 5.32 Å². The van der Waals surface area contributed by atoms with Gasteiger partial charge in [-0.1, -0.05) is 15.9 Å². The zero-order chi connectivity index (χ0) is 12.3. The van der Waals surface area contributed by atoms with E-state index in [9.17, 15) is 8.78 Å². The van der Waals surface area contributed by atoms with Crippen molar-refractivity contribution in [1.29, 1.82) is 0 Å². The summed E-state index contributed by atoms with van der Waals surface area (Å²) >= 11 is 3.33. The summed E-state index contributed by atoms with van der Waals surface area (Å²) in [4.78, 5) is 3.45. The largest absolute Gasteiger partial charge is 0.381 e. The van der Waals surface area contributed by atoms with Gasteiger partial charge in [0.05, 0.1) is 0 Å². The maximum absolute atomic E-state index is 13.0. The van der Waals surface area contributed by atoms with Gasteiger partial charge in [0.25, 0.3) is 0 Å². The first kappa shape index (κ1) is 12.0. The van der Waals surface area contributed by atoms with Crippen LogP contribution in [0.2, 0.25) is 0 Å². The minimum atomic E-state index is -0.548. The first-order valence-corrected chi connectivity index (χ1v) is 5.74. The van der Waals surface area contributed by atoms with Crippen LogP contribution in [0.3, 0.4) is 0 Å². The first-order chi connectivity index (χ1) is 8.15. The Morgan fingerprint density at radius 1 is 1.18 bits per heavy atom. The molecule has 17 heavy (non-hydrogen) atoms. The Morgan fingerprint density at radius 2 is 2.00 bits per heavy atom. The van der Waals surface area contributed by atoms with Crippen LogP contribution in [0.4, 0.5) is 14.5 Å². The Labute approximate surface area is 106 Å². The summed E-state index contributed by atoms with van der Waals surface area (Å²) in [6.07, 6.45) is 1.37. The molecule has 2 aromatic rings. The smallest absolute Gasteiger partial charge is 0.214 e. The molecule has 1 aromatic carbocycles. The SMILES string of the molecule is Fc1ccc(Br)c(CNc2ccnc(F)c2)c1. The van der Waals surface area contributed by atoms with Crippen LogP contribution in [0, 0.1) is 11.8 Å². The average Bonchev–Trinajstić information content (AvgIpc) is 2.30. The van der Waals surface area contributed by atoms with E-state index in [0.29, 0.717) is 12.2 Å². The molecule has 0 radical (unpaired) electrons. The molecule has 5 heteroatoms. The normalized spacial score (nSPS) is 10.3. The zero-order valence-corrected chi connectivity index (χ0v) is 10.3. The number of anilines is 1. The summed E-state index contributed by atoms with van der Waals surface area (Å²) in [6.45, 7) is 0.405. The van der Waals surface area contributed by atoms with Gasteiger partial charge in [0, 0.05) is 29.0 Å². The standard InChI is InChI=1S/C12H9BrF2N2/c13-11-2-1-9(14)5-8(11)7-17-10-3-4-16-12(15)6-10/h1-6H,7H2,(H,16,17). The van der Waals surface area contributed by atoms with Gasteiger partial charge in [-0.25, -0.2) is 9.37 Å². The number of aromatic nitrogens is 1. The Kier molecular flexibility index (Phi) is 3.68. The third-order valence-electron chi connectivity index (χ3n) is 2.22. The number of nitrogens with zero attached hydrogens (tertiary/aromatic N) is 1. The third kappa shape index (κ3) is 3.23. The molecule has 2 nitrogen and oxygen atoms in total. The van der Waals surface area contributed by atoms with Gasteiger partial charge in [0.15, 0.2) is 0 Å². The van der Waals surface area contributed by atoms with Crippen molar-refractivity contribution in [2.75, 3.05) is 5.32 Å². The van der Waals surface area contributed by atoms with E-state index in [1.807, 2.05) is 0 Å². The summed E-state index contributed by atoms with van der Waals surface area (Å²) in [5.74, 6) is -0.848. The first-order valence-electron chi connectivity index (χ1n) is 4.94. The third-order valence-corrected chi connectivity index (χ3v) is 2.99. The van der Waals surface area contributed by atoms with E-state index >= 15 is 0 Å². The predicted octanol–water partition coefficient (Wildman–Crippen LogP) is 3.73. The molecular weight excluding hydrogens is 290 g/mol. The summed E-state index contributed by atoms with van der Waals surface area (Å²) in [6, 6.07) is 7.37. The highest BCUT2D eigenvalue weighted by molar-refractivity contribution is 9.10. The number of hydrogen-bond donors (Lipinski definition) is 1. The Hall–Kier alpha value is -1.49. The lowest BCUT2D eigenvalue weighted by atomic mass is 10.2. The topological polar surface area (TPSA) is 24.9 Å². The van der Waals surface area contributed by atoms with Crippen LogP contribution >= 0.6 is 15.9 Å². The predicted molar refractivity (Wildman–Crippen MR) is 65.6 cm³/mol. The molecule has 0 atom stereocenters. The van der Waals surface area contributed by atoms with Gasteiger partial charge in [-0.15, -0.1) is 0 Å². The lowest BCUT2D eigenvalue weighted by molar-refractivity contribution is 0.584. The molecule has 0 fully saturated rings. The molecule has 88 valence electrons. The molecular formula is C12H9BrF2N2. The quantitative estimate of drug-likeness (QED) is 0.873. The van der Waals surface area contributed by atoms with E-state index in [-0.39, 0.29) is 5.82 Å². The molecule has 1 aromatic heterocycles. The zero-order valence-electron chi connectivity index (χ0n) is 8.75. The number of halogens is 3. The fraction of sp³-hybridized carbons (Fsp3) is 0.0833. The van der Waals surface area contributed by atoms with E-state index in [0.717, 1.165) is 10.0 Å². The van der Waals surface area contributed by atoms with Crippen molar-refractivity contribution in [2.45, 2.75) is 6.54 Å². The second kappa shape index (κ2) is 5.23. The van der Waals surface area contributed by atoms with Crippen molar-refractivity contribution in [3.63, 3.8) is 0 Å². The lowest BCUT2D eigenvalue weighted by Gasteiger charge is -2.08. The van der Waals surface area contributed by atoms with Crippen LogP contribution in [0.1, 0.15) is 5.56 Å². The Morgan fingerprint density at radius 3 is 2.76 bits per heavy atom. The minimum Gasteiger partial charge on any atom is -0.381 e. The molecule has 0 amide bonds. The molecule has 0 aliphatic carbocycles. The molecule has 2 rings (SSSR count). The fourth-order valence-electron chi connectivity index (χ4n) is 1.39. The Balaban J connectivity index is 2.09. The molecule has 1 N–H and O–H groups in total. The molecule has 0 spiro atoms. The van der Waals surface area contributed by atoms with E-state index in [1.54, 1.807) is 12.1 Å². The maximum atomic E-state index is 13.0. The number of pyridine rings is 1. The molecule has 0 bridgehead atoms. The van der Waals surface area contributed by atoms with Crippen molar-refractivity contribution in [3.05, 3.63) is 58.3 Å². The van der Waals surface area contributed by atoms with E-state index in [4.69, 9.17) is 0 Å². The van der Waals surface area contributed by atoms with Gasteiger partial charge in [-0.2, -0.15) is 4.39 Å². The van der Waals surface area contributed by atoms with Crippen LogP contribution in [-0.4, -0.2) is 4.98 Å². The van der Waals surface area contributed by atoms with Crippen molar-refractivity contribution in [2.24, 2.45) is 0 Å². The maximum Gasteiger partial charge on any atom is 0.214 e. The number of nitrogens with one attached hydrogen (secondary N) is 1. The van der Waals surface area contributed by atoms with Gasteiger partial charge in [-0.3, -0.25) is 0 Å². The van der Waals surface area contributed by atoms with Gasteiger partial charge in [0.1, 0.15) is 5.82 Å². The summed E-state index contributed by atoms with van der Waals surface area (Å²) in [7, 11) is 0. The fourth-order valence-corrected chi connectivity index (χ4v) is 1.78. The summed E-state index contributed by atoms with van der Waals surface area (Å²) in [5.41, 5.74) is 1.37. The summed E-state index contributed by atoms with van der Waals surface area (Å²) < 4.78 is 26.6. The van der Waals surface area contributed by atoms with Crippen LogP contribution in [0.5, 0.6) is 0 Å². The monoisotopic (exact) mass is 298 g/mol. The molecule has 0 aliphatic rings. The lowest BCUT2D eigenvalue weighted by Crippen LogP contribution is -2.01. The second-order valence-electron chi connectivity index (χ2n) is 3.46. The highest BCUT2D eigenvalue weighted by atomic mass is 79.9. The van der Waals surface area contributed by atoms with E-state index in [1.165, 1.54) is 24.4 Å². The minimum absolute atomic E-state index is 0.300. The van der Waals surface area contributed by atoms with Gasteiger partial charge >= 0.3 is 0 Å². The van der Waals surface area contributed by atoms with Gasteiger partial charge in [-0.05, 0) is 29.8 Å². The molecule has 0 saturated heterocycles. The molecule has 0 aliphatic heterocycles. The van der Waals surface area contributed by atoms with Crippen molar-refractivity contribution >= 4 is 21.6 Å². The highest BCUT2D eigenvalue weighted by Crippen LogP contribution is 2.19.